The normalized spacial score (nSPS) is 13.6. The van der Waals surface area contributed by atoms with E-state index in [0.29, 0.717) is 30.3 Å². The number of thiocarbonyl (C=S) groups is 1. The van der Waals surface area contributed by atoms with Crippen molar-refractivity contribution in [2.75, 3.05) is 6.61 Å². The summed E-state index contributed by atoms with van der Waals surface area (Å²) in [6.07, 6.45) is 1.50. The van der Waals surface area contributed by atoms with Crippen molar-refractivity contribution in [2.24, 2.45) is 0 Å². The molecule has 2 amide bonds. The Balaban J connectivity index is 1.88. The number of carbonyl (C=O) groups is 2. The van der Waals surface area contributed by atoms with Gasteiger partial charge in [-0.1, -0.05) is 28.1 Å². The molecular formula is C20H16BrIN2O4S. The third-order valence-corrected chi connectivity index (χ3v) is 5.42. The standard InChI is InChI=1S/C20H16BrIN2O4S/c1-2-27-16-9-12(7-14-18(25)23-20(29)24-19(14)26)8-15(22)17(16)28-10-11-3-5-13(21)6-4-11/h3-9H,2,10H2,1H3,(H2,23,24,25,26,29). The highest BCUT2D eigenvalue weighted by molar-refractivity contribution is 14.1. The maximum atomic E-state index is 12.1. The Hall–Kier alpha value is -1.98. The second-order valence-corrected chi connectivity index (χ2v) is 8.46. The van der Waals surface area contributed by atoms with Crippen molar-refractivity contribution in [3.8, 4) is 11.5 Å². The van der Waals surface area contributed by atoms with E-state index in [9.17, 15) is 9.59 Å². The van der Waals surface area contributed by atoms with Crippen LogP contribution in [0, 0.1) is 3.57 Å². The zero-order valence-electron chi connectivity index (χ0n) is 15.3. The van der Waals surface area contributed by atoms with E-state index in [1.54, 1.807) is 6.07 Å². The Morgan fingerprint density at radius 3 is 2.38 bits per heavy atom. The Morgan fingerprint density at radius 1 is 1.10 bits per heavy atom. The van der Waals surface area contributed by atoms with Crippen LogP contribution < -0.4 is 20.1 Å². The van der Waals surface area contributed by atoms with Gasteiger partial charge in [0.2, 0.25) is 0 Å². The number of benzene rings is 2. The Morgan fingerprint density at radius 2 is 1.76 bits per heavy atom. The van der Waals surface area contributed by atoms with Gasteiger partial charge in [0, 0.05) is 4.47 Å². The molecule has 1 aliphatic rings. The number of ether oxygens (including phenoxy) is 2. The Kier molecular flexibility index (Phi) is 7.25. The fourth-order valence-corrected chi connectivity index (χ4v) is 3.81. The number of amides is 2. The second kappa shape index (κ2) is 9.68. The van der Waals surface area contributed by atoms with E-state index in [0.717, 1.165) is 13.6 Å². The monoisotopic (exact) mass is 586 g/mol. The van der Waals surface area contributed by atoms with Crippen LogP contribution in [0.25, 0.3) is 6.08 Å². The molecule has 1 aliphatic heterocycles. The van der Waals surface area contributed by atoms with E-state index in [4.69, 9.17) is 21.7 Å². The van der Waals surface area contributed by atoms with Crippen LogP contribution >= 0.6 is 50.7 Å². The largest absolute Gasteiger partial charge is 0.490 e. The topological polar surface area (TPSA) is 76.7 Å². The Labute approximate surface area is 195 Å². The van der Waals surface area contributed by atoms with Crippen LogP contribution in [0.1, 0.15) is 18.1 Å². The Bertz CT molecular complexity index is 986. The molecule has 1 saturated heterocycles. The van der Waals surface area contributed by atoms with Gasteiger partial charge in [0.25, 0.3) is 11.8 Å². The first kappa shape index (κ1) is 21.7. The number of nitrogens with one attached hydrogen (secondary N) is 2. The van der Waals surface area contributed by atoms with Crippen LogP contribution in [-0.4, -0.2) is 23.5 Å². The zero-order chi connectivity index (χ0) is 21.0. The van der Waals surface area contributed by atoms with Gasteiger partial charge in [-0.05, 0) is 83.2 Å². The first-order valence-electron chi connectivity index (χ1n) is 8.59. The van der Waals surface area contributed by atoms with Crippen LogP contribution in [0.2, 0.25) is 0 Å². The summed E-state index contributed by atoms with van der Waals surface area (Å²) in [4.78, 5) is 24.2. The highest BCUT2D eigenvalue weighted by Gasteiger charge is 2.26. The van der Waals surface area contributed by atoms with Crippen LogP contribution in [0.15, 0.2) is 46.4 Å². The molecule has 0 unspecified atom stereocenters. The fraction of sp³-hybridized carbons (Fsp3) is 0.150. The van der Waals surface area contributed by atoms with E-state index in [1.165, 1.54) is 6.08 Å². The number of halogens is 2. The van der Waals surface area contributed by atoms with Gasteiger partial charge >= 0.3 is 0 Å². The molecule has 3 rings (SSSR count). The molecule has 0 bridgehead atoms. The van der Waals surface area contributed by atoms with Crippen LogP contribution in [0.4, 0.5) is 0 Å². The van der Waals surface area contributed by atoms with Gasteiger partial charge in [-0.3, -0.25) is 20.2 Å². The summed E-state index contributed by atoms with van der Waals surface area (Å²) in [5.74, 6) is 0.0660. The molecule has 0 saturated carbocycles. The lowest BCUT2D eigenvalue weighted by Crippen LogP contribution is -2.51. The van der Waals surface area contributed by atoms with E-state index in [2.05, 4.69) is 49.2 Å². The summed E-state index contributed by atoms with van der Waals surface area (Å²) >= 11 is 10.4. The smallest absolute Gasteiger partial charge is 0.263 e. The molecule has 2 aromatic carbocycles. The van der Waals surface area contributed by atoms with Crippen molar-refractivity contribution in [3.05, 3.63) is 61.1 Å². The van der Waals surface area contributed by atoms with Crippen molar-refractivity contribution < 1.29 is 19.1 Å². The molecule has 9 heteroatoms. The molecule has 0 aliphatic carbocycles. The first-order chi connectivity index (χ1) is 13.9. The quantitative estimate of drug-likeness (QED) is 0.232. The maximum absolute atomic E-state index is 12.1. The summed E-state index contributed by atoms with van der Waals surface area (Å²) < 4.78 is 13.5. The van der Waals surface area contributed by atoms with Crippen LogP contribution in [0.3, 0.4) is 0 Å². The summed E-state index contributed by atoms with van der Waals surface area (Å²) in [6, 6.07) is 11.4. The van der Waals surface area contributed by atoms with Crippen molar-refractivity contribution in [1.82, 2.24) is 10.6 Å². The molecule has 150 valence electrons. The third kappa shape index (κ3) is 5.55. The van der Waals surface area contributed by atoms with Gasteiger partial charge < -0.3 is 9.47 Å². The molecule has 29 heavy (non-hydrogen) atoms. The van der Waals surface area contributed by atoms with Gasteiger partial charge in [0.1, 0.15) is 12.2 Å². The summed E-state index contributed by atoms with van der Waals surface area (Å²) in [6.45, 7) is 2.70. The molecule has 1 fully saturated rings. The van der Waals surface area contributed by atoms with E-state index in [-0.39, 0.29) is 10.7 Å². The van der Waals surface area contributed by atoms with Gasteiger partial charge in [-0.25, -0.2) is 0 Å². The average molecular weight is 587 g/mol. The average Bonchev–Trinajstić information content (AvgIpc) is 2.65. The van der Waals surface area contributed by atoms with E-state index < -0.39 is 11.8 Å². The molecule has 0 spiro atoms. The highest BCUT2D eigenvalue weighted by atomic mass is 127. The number of hydrogen-bond donors (Lipinski definition) is 2. The molecule has 0 atom stereocenters. The highest BCUT2D eigenvalue weighted by Crippen LogP contribution is 2.35. The zero-order valence-corrected chi connectivity index (χ0v) is 19.8. The third-order valence-electron chi connectivity index (χ3n) is 3.88. The van der Waals surface area contributed by atoms with Gasteiger partial charge in [0.15, 0.2) is 16.6 Å². The minimum atomic E-state index is -0.540. The van der Waals surface area contributed by atoms with Crippen LogP contribution in [-0.2, 0) is 16.2 Å². The van der Waals surface area contributed by atoms with Crippen LogP contribution in [0.5, 0.6) is 11.5 Å². The lowest BCUT2D eigenvalue weighted by molar-refractivity contribution is -0.123. The van der Waals surface area contributed by atoms with E-state index >= 15 is 0 Å². The minimum absolute atomic E-state index is 0.00146. The predicted octanol–water partition coefficient (Wildman–Crippen LogP) is 3.95. The second-order valence-electron chi connectivity index (χ2n) is 5.97. The minimum Gasteiger partial charge on any atom is -0.490 e. The maximum Gasteiger partial charge on any atom is 0.263 e. The lowest BCUT2D eigenvalue weighted by atomic mass is 10.1. The first-order valence-corrected chi connectivity index (χ1v) is 10.9. The van der Waals surface area contributed by atoms with E-state index in [1.807, 2.05) is 37.3 Å². The summed E-state index contributed by atoms with van der Waals surface area (Å²) in [5, 5.41) is 4.84. The van der Waals surface area contributed by atoms with Gasteiger partial charge in [0.05, 0.1) is 10.2 Å². The van der Waals surface area contributed by atoms with Gasteiger partial charge in [-0.15, -0.1) is 0 Å². The molecule has 2 aromatic rings. The predicted molar refractivity (Wildman–Crippen MR) is 126 cm³/mol. The van der Waals surface area contributed by atoms with Crippen molar-refractivity contribution in [3.63, 3.8) is 0 Å². The van der Waals surface area contributed by atoms with Gasteiger partial charge in [-0.2, -0.15) is 0 Å². The van der Waals surface area contributed by atoms with Crippen molar-refractivity contribution in [2.45, 2.75) is 13.5 Å². The molecular weight excluding hydrogens is 571 g/mol. The molecule has 1 heterocycles. The molecule has 6 nitrogen and oxygen atoms in total. The summed E-state index contributed by atoms with van der Waals surface area (Å²) in [5.41, 5.74) is 1.63. The molecule has 0 radical (unpaired) electrons. The SMILES string of the molecule is CCOc1cc(C=C2C(=O)NC(=S)NC2=O)cc(I)c1OCc1ccc(Br)cc1. The lowest BCUT2D eigenvalue weighted by Gasteiger charge is -2.17. The summed E-state index contributed by atoms with van der Waals surface area (Å²) in [7, 11) is 0. The van der Waals surface area contributed by atoms with Crippen molar-refractivity contribution in [1.29, 1.82) is 0 Å². The number of hydrogen-bond acceptors (Lipinski definition) is 5. The fourth-order valence-electron chi connectivity index (χ4n) is 2.58. The number of rotatable bonds is 6. The number of carbonyl (C=O) groups excluding carboxylic acids is 2. The molecule has 2 N–H and O–H groups in total. The van der Waals surface area contributed by atoms with Crippen molar-refractivity contribution >= 4 is 73.7 Å². The molecule has 0 aromatic heterocycles.